The Bertz CT molecular complexity index is 1030. The summed E-state index contributed by atoms with van der Waals surface area (Å²) in [5.74, 6) is -1.28. The van der Waals surface area contributed by atoms with Crippen molar-refractivity contribution in [3.8, 4) is 22.7 Å². The molecule has 0 N–H and O–H groups in total. The van der Waals surface area contributed by atoms with Crippen LogP contribution in [0.4, 0.5) is 4.39 Å². The van der Waals surface area contributed by atoms with E-state index in [2.05, 4.69) is 29.8 Å². The molecule has 3 aromatic rings. The van der Waals surface area contributed by atoms with Gasteiger partial charge in [-0.1, -0.05) is 29.8 Å². The van der Waals surface area contributed by atoms with Crippen LogP contribution in [0.15, 0.2) is 53.0 Å². The number of halogens is 2. The zero-order valence-corrected chi connectivity index (χ0v) is 20.4. The molecule has 146 valence electrons. The molecule has 0 fully saturated rings. The third kappa shape index (κ3) is 5.31. The molecule has 1 aromatic heterocycles. The third-order valence-electron chi connectivity index (χ3n) is 4.29. The smallest absolute Gasteiger partial charge is 0.545 e. The van der Waals surface area contributed by atoms with Gasteiger partial charge in [-0.15, -0.1) is 0 Å². The number of ether oxygens (including phenoxy) is 1. The maximum atomic E-state index is 13.8. The van der Waals surface area contributed by atoms with Crippen molar-refractivity contribution < 1.29 is 48.6 Å². The summed E-state index contributed by atoms with van der Waals surface area (Å²) < 4.78 is 22.6. The molecule has 3 rings (SSSR count). The molecule has 0 atom stereocenters. The minimum Gasteiger partial charge on any atom is -0.545 e. The zero-order valence-electron chi connectivity index (χ0n) is 16.8. The maximum absolute atomic E-state index is 13.8. The van der Waals surface area contributed by atoms with Gasteiger partial charge < -0.3 is 19.2 Å². The number of carbonyl (C=O) groups excluding carboxylic acids is 1. The average Bonchev–Trinajstić information content (AvgIpc) is 3.02. The molecule has 0 amide bonds. The predicted octanol–water partition coefficient (Wildman–Crippen LogP) is 1.76. The van der Waals surface area contributed by atoms with Crippen LogP contribution >= 0.6 is 15.9 Å². The van der Waals surface area contributed by atoms with Crippen molar-refractivity contribution in [1.29, 1.82) is 0 Å². The molecule has 1 heterocycles. The number of carboxylic acid groups (broad SMARTS) is 1. The molecule has 29 heavy (non-hydrogen) atoms. The van der Waals surface area contributed by atoms with Gasteiger partial charge >= 0.3 is 29.6 Å². The minimum absolute atomic E-state index is 0. The Hall–Kier alpha value is -1.60. The third-order valence-corrected chi connectivity index (χ3v) is 4.79. The Morgan fingerprint density at radius 2 is 1.90 bits per heavy atom. The molecule has 0 saturated carbocycles. The van der Waals surface area contributed by atoms with Crippen molar-refractivity contribution in [2.75, 3.05) is 6.61 Å². The standard InChI is InChI=1S/C22H21BrFNO3.Na/c1-13(2)12-28-21-9-5-15(23)10-18(21)20-8-4-14(3)25(20)16-6-7-19(24)17(11-16)22(26)27;/h4-11,13H,12H2,1-3H3,(H,26,27);/q;+1/p-1. The molecule has 0 aliphatic carbocycles. The van der Waals surface area contributed by atoms with Crippen LogP contribution in [-0.4, -0.2) is 17.1 Å². The SMILES string of the molecule is Cc1ccc(-c2cc(Br)ccc2OCC(C)C)n1-c1ccc(F)c(C(=O)[O-])c1.[Na+]. The van der Waals surface area contributed by atoms with E-state index in [9.17, 15) is 14.3 Å². The van der Waals surface area contributed by atoms with E-state index in [0.717, 1.165) is 33.2 Å². The van der Waals surface area contributed by atoms with E-state index in [1.54, 1.807) is 6.07 Å². The Balaban J connectivity index is 0.00000300. The fourth-order valence-electron chi connectivity index (χ4n) is 2.99. The molecule has 0 aliphatic rings. The Morgan fingerprint density at radius 3 is 2.55 bits per heavy atom. The van der Waals surface area contributed by atoms with Crippen LogP contribution in [0, 0.1) is 18.7 Å². The summed E-state index contributed by atoms with van der Waals surface area (Å²) in [6.07, 6.45) is 0. The zero-order chi connectivity index (χ0) is 20.4. The normalized spacial score (nSPS) is 10.7. The van der Waals surface area contributed by atoms with Crippen LogP contribution in [0.3, 0.4) is 0 Å². The molecule has 2 aromatic carbocycles. The van der Waals surface area contributed by atoms with Crippen molar-refractivity contribution >= 4 is 21.9 Å². The van der Waals surface area contributed by atoms with E-state index in [-0.39, 0.29) is 29.6 Å². The summed E-state index contributed by atoms with van der Waals surface area (Å²) in [4.78, 5) is 11.2. The van der Waals surface area contributed by atoms with Crippen LogP contribution < -0.4 is 39.4 Å². The number of benzene rings is 2. The summed E-state index contributed by atoms with van der Waals surface area (Å²) in [5.41, 5.74) is 2.60. The molecule has 4 nitrogen and oxygen atoms in total. The number of hydrogen-bond donors (Lipinski definition) is 0. The number of aromatic nitrogens is 1. The summed E-state index contributed by atoms with van der Waals surface area (Å²) in [7, 11) is 0. The van der Waals surface area contributed by atoms with Gasteiger partial charge in [0.2, 0.25) is 0 Å². The average molecular weight is 468 g/mol. The van der Waals surface area contributed by atoms with Gasteiger partial charge in [-0.3, -0.25) is 0 Å². The van der Waals surface area contributed by atoms with E-state index in [1.165, 1.54) is 6.07 Å². The molecule has 0 spiro atoms. The fraction of sp³-hybridized carbons (Fsp3) is 0.227. The molecule has 0 aliphatic heterocycles. The van der Waals surface area contributed by atoms with E-state index < -0.39 is 17.3 Å². The van der Waals surface area contributed by atoms with E-state index in [1.807, 2.05) is 41.8 Å². The Labute approximate surface area is 200 Å². The number of nitrogens with zero attached hydrogens (tertiary/aromatic N) is 1. The van der Waals surface area contributed by atoms with Crippen molar-refractivity contribution in [3.63, 3.8) is 0 Å². The second-order valence-electron chi connectivity index (χ2n) is 6.99. The van der Waals surface area contributed by atoms with Gasteiger partial charge in [-0.05, 0) is 61.4 Å². The Kier molecular flexibility index (Phi) is 8.11. The first-order valence-electron chi connectivity index (χ1n) is 8.90. The topological polar surface area (TPSA) is 54.3 Å². The van der Waals surface area contributed by atoms with Gasteiger partial charge in [0.15, 0.2) is 0 Å². The molecule has 7 heteroatoms. The van der Waals surface area contributed by atoms with Gasteiger partial charge in [-0.2, -0.15) is 0 Å². The van der Waals surface area contributed by atoms with Crippen LogP contribution in [0.2, 0.25) is 0 Å². The van der Waals surface area contributed by atoms with E-state index >= 15 is 0 Å². The van der Waals surface area contributed by atoms with E-state index in [4.69, 9.17) is 4.74 Å². The van der Waals surface area contributed by atoms with Gasteiger partial charge in [0.25, 0.3) is 0 Å². The predicted molar refractivity (Wildman–Crippen MR) is 108 cm³/mol. The van der Waals surface area contributed by atoms with Gasteiger partial charge in [-0.25, -0.2) is 4.39 Å². The van der Waals surface area contributed by atoms with Gasteiger partial charge in [0, 0.05) is 27.0 Å². The quantitative estimate of drug-likeness (QED) is 0.519. The van der Waals surface area contributed by atoms with Crippen molar-refractivity contribution in [3.05, 3.63) is 70.1 Å². The van der Waals surface area contributed by atoms with Crippen LogP contribution in [0.25, 0.3) is 16.9 Å². The van der Waals surface area contributed by atoms with Crippen LogP contribution in [-0.2, 0) is 0 Å². The monoisotopic (exact) mass is 467 g/mol. The van der Waals surface area contributed by atoms with Gasteiger partial charge in [0.05, 0.1) is 18.3 Å². The second-order valence-corrected chi connectivity index (χ2v) is 7.91. The van der Waals surface area contributed by atoms with Crippen LogP contribution in [0.5, 0.6) is 5.75 Å². The second kappa shape index (κ2) is 9.94. The minimum atomic E-state index is -1.55. The number of carbonyl (C=O) groups is 1. The van der Waals surface area contributed by atoms with Crippen molar-refractivity contribution in [2.24, 2.45) is 5.92 Å². The first kappa shape index (κ1) is 23.7. The number of aryl methyl sites for hydroxylation is 1. The first-order chi connectivity index (χ1) is 13.3. The summed E-state index contributed by atoms with van der Waals surface area (Å²) >= 11 is 3.50. The summed E-state index contributed by atoms with van der Waals surface area (Å²) in [5, 5.41) is 11.2. The number of hydrogen-bond acceptors (Lipinski definition) is 3. The fourth-order valence-corrected chi connectivity index (χ4v) is 3.35. The molecule has 0 unspecified atom stereocenters. The van der Waals surface area contributed by atoms with Gasteiger partial charge in [0.1, 0.15) is 11.6 Å². The van der Waals surface area contributed by atoms with Crippen molar-refractivity contribution in [2.45, 2.75) is 20.8 Å². The molecular formula is C22H20BrFNNaO3. The number of aromatic carboxylic acids is 1. The number of carboxylic acids is 1. The molecular weight excluding hydrogens is 448 g/mol. The molecule has 0 saturated heterocycles. The first-order valence-corrected chi connectivity index (χ1v) is 9.69. The van der Waals surface area contributed by atoms with Crippen LogP contribution in [0.1, 0.15) is 29.9 Å². The van der Waals surface area contributed by atoms with E-state index in [0.29, 0.717) is 18.2 Å². The summed E-state index contributed by atoms with van der Waals surface area (Å²) in [6.45, 7) is 6.62. The Morgan fingerprint density at radius 1 is 1.17 bits per heavy atom. The van der Waals surface area contributed by atoms with Crippen molar-refractivity contribution in [1.82, 2.24) is 4.57 Å². The molecule has 0 radical (unpaired) electrons. The summed E-state index contributed by atoms with van der Waals surface area (Å²) in [6, 6.07) is 13.6. The largest absolute Gasteiger partial charge is 1.00 e. The maximum Gasteiger partial charge on any atom is 1.00 e. The number of rotatable bonds is 6. The molecule has 0 bridgehead atoms.